The number of hydrogen-bond donors (Lipinski definition) is 0. The van der Waals surface area contributed by atoms with Crippen LogP contribution in [0.4, 0.5) is 4.79 Å². The Hall–Kier alpha value is -3.10. The maximum Gasteiger partial charge on any atom is 0.410 e. The lowest BCUT2D eigenvalue weighted by atomic mass is 9.99. The molecule has 0 aromatic heterocycles. The van der Waals surface area contributed by atoms with Crippen LogP contribution in [-0.2, 0) is 30.5 Å². The summed E-state index contributed by atoms with van der Waals surface area (Å²) in [5.74, 6) is -1.54. The number of hydrogen-bond acceptors (Lipinski definition) is 6. The molecule has 1 saturated heterocycles. The Morgan fingerprint density at radius 1 is 0.946 bits per heavy atom. The van der Waals surface area contributed by atoms with Crippen molar-refractivity contribution in [2.24, 2.45) is 5.92 Å². The molecule has 37 heavy (non-hydrogen) atoms. The summed E-state index contributed by atoms with van der Waals surface area (Å²) in [6.07, 6.45) is 1.90. The Labute approximate surface area is 221 Å². The minimum absolute atomic E-state index is 0.0770. The van der Waals surface area contributed by atoms with Gasteiger partial charge in [0.1, 0.15) is 24.3 Å². The number of rotatable bonds is 9. The van der Waals surface area contributed by atoms with Crippen molar-refractivity contribution in [2.45, 2.75) is 84.6 Å². The molecule has 9 heteroatoms. The van der Waals surface area contributed by atoms with Gasteiger partial charge in [0.15, 0.2) is 0 Å². The Balaban J connectivity index is 2.22. The molecule has 0 radical (unpaired) electrons. The second-order valence-electron chi connectivity index (χ2n) is 11.0. The average Bonchev–Trinajstić information content (AvgIpc) is 2.84. The van der Waals surface area contributed by atoms with Crippen LogP contribution in [0.15, 0.2) is 30.3 Å². The van der Waals surface area contributed by atoms with Gasteiger partial charge in [0.05, 0.1) is 6.42 Å². The zero-order valence-electron chi connectivity index (χ0n) is 23.4. The number of likely N-dealkylation sites (N-methyl/N-ethyl adjacent to an activating group) is 2. The van der Waals surface area contributed by atoms with Gasteiger partial charge < -0.3 is 19.3 Å². The van der Waals surface area contributed by atoms with E-state index in [1.807, 2.05) is 44.2 Å². The molecule has 2 atom stereocenters. The van der Waals surface area contributed by atoms with Gasteiger partial charge in [-0.15, -0.1) is 0 Å². The average molecular weight is 518 g/mol. The van der Waals surface area contributed by atoms with Crippen LogP contribution in [0, 0.1) is 5.92 Å². The van der Waals surface area contributed by atoms with Gasteiger partial charge in [-0.1, -0.05) is 44.2 Å². The molecule has 1 aliphatic rings. The van der Waals surface area contributed by atoms with Crippen molar-refractivity contribution in [2.75, 3.05) is 27.2 Å². The summed E-state index contributed by atoms with van der Waals surface area (Å²) in [7, 11) is 3.02. The van der Waals surface area contributed by atoms with E-state index in [1.165, 1.54) is 23.9 Å². The van der Waals surface area contributed by atoms with Gasteiger partial charge in [-0.3, -0.25) is 19.3 Å². The monoisotopic (exact) mass is 517 g/mol. The smallest absolute Gasteiger partial charge is 0.410 e. The van der Waals surface area contributed by atoms with Crippen LogP contribution in [0.3, 0.4) is 0 Å². The maximum absolute atomic E-state index is 13.8. The van der Waals surface area contributed by atoms with E-state index in [1.54, 1.807) is 25.7 Å². The van der Waals surface area contributed by atoms with E-state index in [0.717, 1.165) is 24.8 Å². The zero-order chi connectivity index (χ0) is 27.8. The maximum atomic E-state index is 13.8. The summed E-state index contributed by atoms with van der Waals surface area (Å²) >= 11 is 0. The van der Waals surface area contributed by atoms with Crippen molar-refractivity contribution in [3.63, 3.8) is 0 Å². The van der Waals surface area contributed by atoms with E-state index >= 15 is 0 Å². The predicted molar refractivity (Wildman–Crippen MR) is 140 cm³/mol. The molecule has 0 spiro atoms. The highest BCUT2D eigenvalue weighted by molar-refractivity contribution is 5.93. The van der Waals surface area contributed by atoms with Gasteiger partial charge in [0, 0.05) is 27.2 Å². The summed E-state index contributed by atoms with van der Waals surface area (Å²) in [6.45, 7) is 10.2. The molecule has 0 unspecified atom stereocenters. The molecule has 0 N–H and O–H groups in total. The van der Waals surface area contributed by atoms with Crippen LogP contribution in [-0.4, -0.2) is 83.4 Å². The normalized spacial score (nSPS) is 15.5. The predicted octanol–water partition coefficient (Wildman–Crippen LogP) is 3.85. The lowest BCUT2D eigenvalue weighted by Gasteiger charge is -2.38. The third-order valence-electron chi connectivity index (χ3n) is 6.34. The molecule has 1 aromatic rings. The van der Waals surface area contributed by atoms with E-state index in [2.05, 4.69) is 0 Å². The lowest BCUT2D eigenvalue weighted by Crippen LogP contribution is -2.57. The number of carbonyl (C=O) groups is 4. The molecule has 1 fully saturated rings. The van der Waals surface area contributed by atoms with Crippen molar-refractivity contribution < 1.29 is 28.7 Å². The summed E-state index contributed by atoms with van der Waals surface area (Å²) in [6, 6.07) is 7.36. The quantitative estimate of drug-likeness (QED) is 0.462. The highest BCUT2D eigenvalue weighted by Crippen LogP contribution is 2.20. The van der Waals surface area contributed by atoms with Crippen LogP contribution < -0.4 is 0 Å². The summed E-state index contributed by atoms with van der Waals surface area (Å²) in [5.41, 5.74) is 0.111. The minimum atomic E-state index is -1.03. The fraction of sp³-hybridized carbons (Fsp3) is 0.643. The molecule has 0 saturated carbocycles. The Bertz CT molecular complexity index is 922. The lowest BCUT2D eigenvalue weighted by molar-refractivity contribution is -0.161. The van der Waals surface area contributed by atoms with Gasteiger partial charge in [0.25, 0.3) is 0 Å². The highest BCUT2D eigenvalue weighted by atomic mass is 16.6. The number of benzene rings is 1. The SMILES string of the molecule is CC(C)[C@@H](C(=O)N(C)[C@@H](CC(=O)OC(C)(C)C)C(=O)N1CCCCC1)N(C)C(=O)OCc1ccccc1. The first-order valence-corrected chi connectivity index (χ1v) is 13.0. The van der Waals surface area contributed by atoms with Gasteiger partial charge >= 0.3 is 12.1 Å². The van der Waals surface area contributed by atoms with Crippen molar-refractivity contribution >= 4 is 23.9 Å². The van der Waals surface area contributed by atoms with E-state index < -0.39 is 35.7 Å². The summed E-state index contributed by atoms with van der Waals surface area (Å²) < 4.78 is 10.9. The van der Waals surface area contributed by atoms with Crippen LogP contribution >= 0.6 is 0 Å². The second-order valence-corrected chi connectivity index (χ2v) is 11.0. The van der Waals surface area contributed by atoms with Crippen LogP contribution in [0.5, 0.6) is 0 Å². The van der Waals surface area contributed by atoms with Crippen molar-refractivity contribution in [3.05, 3.63) is 35.9 Å². The summed E-state index contributed by atoms with van der Waals surface area (Å²) in [5, 5.41) is 0. The van der Waals surface area contributed by atoms with Gasteiger partial charge in [0.2, 0.25) is 11.8 Å². The number of piperidine rings is 1. The largest absolute Gasteiger partial charge is 0.460 e. The van der Waals surface area contributed by atoms with E-state index in [0.29, 0.717) is 13.1 Å². The minimum Gasteiger partial charge on any atom is -0.460 e. The molecule has 1 aliphatic heterocycles. The number of likely N-dealkylation sites (tertiary alicyclic amines) is 1. The zero-order valence-corrected chi connectivity index (χ0v) is 23.4. The molecule has 2 rings (SSSR count). The first kappa shape index (κ1) is 30.1. The van der Waals surface area contributed by atoms with E-state index in [9.17, 15) is 19.2 Å². The number of carbonyl (C=O) groups excluding carboxylic acids is 4. The number of amides is 3. The topological polar surface area (TPSA) is 96.5 Å². The fourth-order valence-corrected chi connectivity index (χ4v) is 4.45. The third-order valence-corrected chi connectivity index (χ3v) is 6.34. The number of esters is 1. The molecular formula is C28H43N3O6. The fourth-order valence-electron chi connectivity index (χ4n) is 4.45. The molecule has 206 valence electrons. The summed E-state index contributed by atoms with van der Waals surface area (Å²) in [4.78, 5) is 57.1. The van der Waals surface area contributed by atoms with Gasteiger partial charge in [-0.2, -0.15) is 0 Å². The van der Waals surface area contributed by atoms with Crippen LogP contribution in [0.2, 0.25) is 0 Å². The van der Waals surface area contributed by atoms with E-state index in [-0.39, 0.29) is 24.9 Å². The Kier molecular flexibility index (Phi) is 10.9. The van der Waals surface area contributed by atoms with Crippen LogP contribution in [0.25, 0.3) is 0 Å². The van der Waals surface area contributed by atoms with Gasteiger partial charge in [-0.05, 0) is 51.5 Å². The molecule has 0 aliphatic carbocycles. The molecule has 9 nitrogen and oxygen atoms in total. The van der Waals surface area contributed by atoms with Crippen LogP contribution in [0.1, 0.15) is 65.9 Å². The Morgan fingerprint density at radius 3 is 2.08 bits per heavy atom. The standard InChI is InChI=1S/C28H43N3O6/c1-20(2)24(30(7)27(35)36-19-21-14-10-8-11-15-21)26(34)29(6)22(18-23(32)37-28(3,4)5)25(33)31-16-12-9-13-17-31/h8,10-11,14-15,20,22,24H,9,12-13,16-19H2,1-7H3/t22-,24-/m0/s1. The third kappa shape index (κ3) is 9.05. The van der Waals surface area contributed by atoms with Crippen molar-refractivity contribution in [1.29, 1.82) is 0 Å². The first-order chi connectivity index (χ1) is 17.3. The molecular weight excluding hydrogens is 474 g/mol. The second kappa shape index (κ2) is 13.4. The number of ether oxygens (including phenoxy) is 2. The van der Waals surface area contributed by atoms with E-state index in [4.69, 9.17) is 9.47 Å². The molecule has 1 aromatic carbocycles. The first-order valence-electron chi connectivity index (χ1n) is 13.0. The molecule has 3 amide bonds. The van der Waals surface area contributed by atoms with Crippen molar-refractivity contribution in [1.82, 2.24) is 14.7 Å². The Morgan fingerprint density at radius 2 is 1.54 bits per heavy atom. The highest BCUT2D eigenvalue weighted by Gasteiger charge is 2.40. The molecule has 0 bridgehead atoms. The van der Waals surface area contributed by atoms with Gasteiger partial charge in [-0.25, -0.2) is 4.79 Å². The molecule has 1 heterocycles. The number of nitrogens with zero attached hydrogens (tertiary/aromatic N) is 3. The van der Waals surface area contributed by atoms with Crippen molar-refractivity contribution in [3.8, 4) is 0 Å².